The SMILES string of the molecule is CNC1(C(=O)O)CCc2cc(Br)ccc2C1. The molecule has 0 saturated carbocycles. The van der Waals surface area contributed by atoms with E-state index in [1.807, 2.05) is 12.1 Å². The average Bonchev–Trinajstić information content (AvgIpc) is 2.28. The third-order valence-electron chi connectivity index (χ3n) is 3.37. The highest BCUT2D eigenvalue weighted by atomic mass is 79.9. The number of carboxylic acids is 1. The number of nitrogens with one attached hydrogen (secondary N) is 1. The first-order valence-electron chi connectivity index (χ1n) is 5.27. The summed E-state index contributed by atoms with van der Waals surface area (Å²) in [5.74, 6) is -0.761. The van der Waals surface area contributed by atoms with Crippen LogP contribution in [-0.4, -0.2) is 23.7 Å². The zero-order chi connectivity index (χ0) is 11.8. The number of benzene rings is 1. The molecule has 0 saturated heterocycles. The van der Waals surface area contributed by atoms with Crippen LogP contribution in [0.15, 0.2) is 22.7 Å². The number of hydrogen-bond acceptors (Lipinski definition) is 2. The van der Waals surface area contributed by atoms with Crippen LogP contribution in [0.25, 0.3) is 0 Å². The summed E-state index contributed by atoms with van der Waals surface area (Å²) >= 11 is 3.43. The van der Waals surface area contributed by atoms with E-state index in [2.05, 4.69) is 27.3 Å². The molecule has 1 aromatic carbocycles. The first kappa shape index (κ1) is 11.6. The molecule has 0 heterocycles. The van der Waals surface area contributed by atoms with Crippen LogP contribution in [0.2, 0.25) is 0 Å². The fraction of sp³-hybridized carbons (Fsp3) is 0.417. The average molecular weight is 284 g/mol. The zero-order valence-corrected chi connectivity index (χ0v) is 10.7. The van der Waals surface area contributed by atoms with E-state index in [1.165, 1.54) is 5.56 Å². The molecular weight excluding hydrogens is 270 g/mol. The lowest BCUT2D eigenvalue weighted by Crippen LogP contribution is -2.54. The second-order valence-corrected chi connectivity index (χ2v) is 5.14. The molecule has 0 aromatic heterocycles. The quantitative estimate of drug-likeness (QED) is 0.873. The molecule has 16 heavy (non-hydrogen) atoms. The minimum atomic E-state index is -0.791. The highest BCUT2D eigenvalue weighted by molar-refractivity contribution is 9.10. The van der Waals surface area contributed by atoms with Crippen molar-refractivity contribution in [3.8, 4) is 0 Å². The van der Waals surface area contributed by atoms with Gasteiger partial charge in [-0.05, 0) is 43.1 Å². The van der Waals surface area contributed by atoms with Gasteiger partial charge in [0, 0.05) is 10.9 Å². The number of fused-ring (bicyclic) bond motifs is 1. The summed E-state index contributed by atoms with van der Waals surface area (Å²) in [5.41, 5.74) is 1.59. The van der Waals surface area contributed by atoms with E-state index in [4.69, 9.17) is 0 Å². The molecule has 0 fully saturated rings. The van der Waals surface area contributed by atoms with Crippen molar-refractivity contribution in [2.24, 2.45) is 0 Å². The zero-order valence-electron chi connectivity index (χ0n) is 9.09. The van der Waals surface area contributed by atoms with Crippen LogP contribution in [0.3, 0.4) is 0 Å². The fourth-order valence-corrected chi connectivity index (χ4v) is 2.67. The number of hydrogen-bond donors (Lipinski definition) is 2. The molecule has 2 rings (SSSR count). The van der Waals surface area contributed by atoms with E-state index in [1.54, 1.807) is 7.05 Å². The van der Waals surface area contributed by atoms with Crippen LogP contribution < -0.4 is 5.32 Å². The van der Waals surface area contributed by atoms with E-state index in [0.29, 0.717) is 12.8 Å². The van der Waals surface area contributed by atoms with Gasteiger partial charge in [-0.1, -0.05) is 22.0 Å². The smallest absolute Gasteiger partial charge is 0.324 e. The molecule has 1 aliphatic rings. The van der Waals surface area contributed by atoms with Gasteiger partial charge in [-0.3, -0.25) is 4.79 Å². The van der Waals surface area contributed by atoms with Crippen molar-refractivity contribution < 1.29 is 9.90 Å². The summed E-state index contributed by atoms with van der Waals surface area (Å²) in [6.07, 6.45) is 2.01. The molecule has 0 spiro atoms. The van der Waals surface area contributed by atoms with Gasteiger partial charge in [0.15, 0.2) is 0 Å². The maximum Gasteiger partial charge on any atom is 0.324 e. The minimum Gasteiger partial charge on any atom is -0.480 e. The van der Waals surface area contributed by atoms with Crippen molar-refractivity contribution in [2.45, 2.75) is 24.8 Å². The van der Waals surface area contributed by atoms with Crippen LogP contribution >= 0.6 is 15.9 Å². The Bertz CT molecular complexity index is 433. The van der Waals surface area contributed by atoms with E-state index in [-0.39, 0.29) is 0 Å². The molecule has 4 heteroatoms. The van der Waals surface area contributed by atoms with Gasteiger partial charge in [-0.25, -0.2) is 0 Å². The number of carbonyl (C=O) groups is 1. The number of likely N-dealkylation sites (N-methyl/N-ethyl adjacent to an activating group) is 1. The highest BCUT2D eigenvalue weighted by Crippen LogP contribution is 2.30. The Balaban J connectivity index is 2.36. The Hall–Kier alpha value is -0.870. The number of carboxylic acid groups (broad SMARTS) is 1. The standard InChI is InChI=1S/C12H14BrNO2/c1-14-12(11(15)16)5-4-8-6-10(13)3-2-9(8)7-12/h2-3,6,14H,4-5,7H2,1H3,(H,15,16). The van der Waals surface area contributed by atoms with Gasteiger partial charge in [0.1, 0.15) is 5.54 Å². The monoisotopic (exact) mass is 283 g/mol. The molecule has 1 aromatic rings. The third-order valence-corrected chi connectivity index (χ3v) is 3.86. The molecule has 0 aliphatic heterocycles. The van der Waals surface area contributed by atoms with E-state index < -0.39 is 11.5 Å². The fourth-order valence-electron chi connectivity index (χ4n) is 2.26. The first-order valence-corrected chi connectivity index (χ1v) is 6.06. The maximum atomic E-state index is 11.3. The van der Waals surface area contributed by atoms with Crippen molar-refractivity contribution in [1.82, 2.24) is 5.32 Å². The third kappa shape index (κ3) is 1.87. The van der Waals surface area contributed by atoms with Gasteiger partial charge in [0.05, 0.1) is 0 Å². The summed E-state index contributed by atoms with van der Waals surface area (Å²) in [7, 11) is 1.72. The molecule has 3 nitrogen and oxygen atoms in total. The van der Waals surface area contributed by atoms with Gasteiger partial charge >= 0.3 is 5.97 Å². The molecule has 1 atom stereocenters. The topological polar surface area (TPSA) is 49.3 Å². The Morgan fingerprint density at radius 2 is 2.25 bits per heavy atom. The number of aryl methyl sites for hydroxylation is 1. The summed E-state index contributed by atoms with van der Waals surface area (Å²) in [6, 6.07) is 6.05. The maximum absolute atomic E-state index is 11.3. The van der Waals surface area contributed by atoms with E-state index in [0.717, 1.165) is 16.5 Å². The molecule has 2 N–H and O–H groups in total. The lowest BCUT2D eigenvalue weighted by molar-refractivity contribution is -0.145. The Kier molecular flexibility index (Phi) is 3.04. The molecule has 0 radical (unpaired) electrons. The van der Waals surface area contributed by atoms with Crippen LogP contribution in [0.1, 0.15) is 17.5 Å². The Morgan fingerprint density at radius 3 is 2.88 bits per heavy atom. The van der Waals surface area contributed by atoms with Crippen LogP contribution in [0, 0.1) is 0 Å². The van der Waals surface area contributed by atoms with Crippen molar-refractivity contribution in [3.63, 3.8) is 0 Å². The second-order valence-electron chi connectivity index (χ2n) is 4.23. The molecule has 0 bridgehead atoms. The van der Waals surface area contributed by atoms with E-state index in [9.17, 15) is 9.90 Å². The number of rotatable bonds is 2. The Morgan fingerprint density at radius 1 is 1.50 bits per heavy atom. The lowest BCUT2D eigenvalue weighted by atomic mass is 9.78. The van der Waals surface area contributed by atoms with Crippen molar-refractivity contribution in [3.05, 3.63) is 33.8 Å². The van der Waals surface area contributed by atoms with Crippen LogP contribution in [-0.2, 0) is 17.6 Å². The number of aliphatic carboxylic acids is 1. The van der Waals surface area contributed by atoms with Gasteiger partial charge in [0.25, 0.3) is 0 Å². The number of halogens is 1. The predicted molar refractivity (Wildman–Crippen MR) is 65.6 cm³/mol. The van der Waals surface area contributed by atoms with Crippen molar-refractivity contribution >= 4 is 21.9 Å². The summed E-state index contributed by atoms with van der Waals surface area (Å²) < 4.78 is 1.05. The van der Waals surface area contributed by atoms with Crippen molar-refractivity contribution in [2.75, 3.05) is 7.05 Å². The normalized spacial score (nSPS) is 23.9. The van der Waals surface area contributed by atoms with Gasteiger partial charge in [-0.15, -0.1) is 0 Å². The van der Waals surface area contributed by atoms with Gasteiger partial charge in [0.2, 0.25) is 0 Å². The summed E-state index contributed by atoms with van der Waals surface area (Å²) in [5, 5.41) is 12.3. The summed E-state index contributed by atoms with van der Waals surface area (Å²) in [6.45, 7) is 0. The molecule has 0 amide bonds. The minimum absolute atomic E-state index is 0.557. The highest BCUT2D eigenvalue weighted by Gasteiger charge is 2.39. The largest absolute Gasteiger partial charge is 0.480 e. The molecular formula is C12H14BrNO2. The Labute approximate surface area is 103 Å². The van der Waals surface area contributed by atoms with Crippen LogP contribution in [0.5, 0.6) is 0 Å². The summed E-state index contributed by atoms with van der Waals surface area (Å²) in [4.78, 5) is 11.3. The predicted octanol–water partition coefficient (Wildman–Crippen LogP) is 1.98. The van der Waals surface area contributed by atoms with Crippen LogP contribution in [0.4, 0.5) is 0 Å². The molecule has 86 valence electrons. The van der Waals surface area contributed by atoms with Gasteiger partial charge < -0.3 is 10.4 Å². The van der Waals surface area contributed by atoms with Gasteiger partial charge in [-0.2, -0.15) is 0 Å². The molecule has 1 unspecified atom stereocenters. The molecule has 1 aliphatic carbocycles. The lowest BCUT2D eigenvalue weighted by Gasteiger charge is -2.34. The van der Waals surface area contributed by atoms with Crippen molar-refractivity contribution in [1.29, 1.82) is 0 Å². The second kappa shape index (κ2) is 4.18. The van der Waals surface area contributed by atoms with E-state index >= 15 is 0 Å². The first-order chi connectivity index (χ1) is 7.57.